The molecule has 0 unspecified atom stereocenters. The van der Waals surface area contributed by atoms with E-state index in [-0.39, 0.29) is 0 Å². The summed E-state index contributed by atoms with van der Waals surface area (Å²) in [5, 5.41) is 13.8. The van der Waals surface area contributed by atoms with Crippen molar-refractivity contribution in [2.75, 3.05) is 18.1 Å². The van der Waals surface area contributed by atoms with Crippen LogP contribution in [-0.2, 0) is 0 Å². The Hall–Kier alpha value is -1.99. The maximum absolute atomic E-state index is 9.17. The van der Waals surface area contributed by atoms with Gasteiger partial charge in [-0.3, -0.25) is 0 Å². The van der Waals surface area contributed by atoms with Crippen molar-refractivity contribution >= 4 is 21.3 Å². The first kappa shape index (κ1) is 11.5. The van der Waals surface area contributed by atoms with E-state index >= 15 is 0 Å². The fourth-order valence-corrected chi connectivity index (χ4v) is 2.63. The van der Waals surface area contributed by atoms with Crippen LogP contribution >= 0.6 is 11.3 Å². The van der Waals surface area contributed by atoms with E-state index in [0.717, 1.165) is 16.1 Å². The standard InChI is InChI=1S/C13H13N3S/c1-8-3-5-9(6-4-8)11-10(7-14)12(15)17-13(11)16-2/h3-6,16H,15H2,1-2H3. The molecular formula is C13H13N3S. The molecule has 3 N–H and O–H groups in total. The van der Waals surface area contributed by atoms with Gasteiger partial charge in [-0.1, -0.05) is 41.2 Å². The molecule has 2 aromatic rings. The minimum atomic E-state index is 0.559. The monoisotopic (exact) mass is 243 g/mol. The molecule has 2 rings (SSSR count). The summed E-state index contributed by atoms with van der Waals surface area (Å²) in [7, 11) is 1.84. The van der Waals surface area contributed by atoms with E-state index in [1.54, 1.807) is 0 Å². The zero-order valence-electron chi connectivity index (χ0n) is 9.74. The molecule has 1 aromatic carbocycles. The lowest BCUT2D eigenvalue weighted by molar-refractivity contribution is 1.46. The molecule has 0 spiro atoms. The first-order chi connectivity index (χ1) is 8.17. The Morgan fingerprint density at radius 1 is 1.29 bits per heavy atom. The zero-order chi connectivity index (χ0) is 12.4. The van der Waals surface area contributed by atoms with Crippen molar-refractivity contribution in [3.8, 4) is 17.2 Å². The van der Waals surface area contributed by atoms with Gasteiger partial charge in [0.15, 0.2) is 0 Å². The van der Waals surface area contributed by atoms with Gasteiger partial charge in [0.25, 0.3) is 0 Å². The Kier molecular flexibility index (Phi) is 3.03. The molecule has 3 nitrogen and oxygen atoms in total. The molecule has 17 heavy (non-hydrogen) atoms. The lowest BCUT2D eigenvalue weighted by Crippen LogP contribution is -1.89. The Morgan fingerprint density at radius 2 is 1.94 bits per heavy atom. The third-order valence-corrected chi connectivity index (χ3v) is 3.65. The number of anilines is 2. The first-order valence-electron chi connectivity index (χ1n) is 5.24. The normalized spacial score (nSPS) is 9.94. The zero-order valence-corrected chi connectivity index (χ0v) is 10.6. The molecule has 0 saturated heterocycles. The number of thiophene rings is 1. The quantitative estimate of drug-likeness (QED) is 0.851. The van der Waals surface area contributed by atoms with Gasteiger partial charge in [-0.15, -0.1) is 0 Å². The summed E-state index contributed by atoms with van der Waals surface area (Å²) < 4.78 is 0. The van der Waals surface area contributed by atoms with Crippen molar-refractivity contribution in [1.29, 1.82) is 5.26 Å². The number of nitrogens with one attached hydrogen (secondary N) is 1. The number of nitrogens with two attached hydrogens (primary N) is 1. The maximum Gasteiger partial charge on any atom is 0.106 e. The van der Waals surface area contributed by atoms with E-state index in [2.05, 4.69) is 11.4 Å². The molecule has 0 amide bonds. The highest BCUT2D eigenvalue weighted by atomic mass is 32.1. The second-order valence-electron chi connectivity index (χ2n) is 3.77. The molecule has 86 valence electrons. The van der Waals surface area contributed by atoms with E-state index < -0.39 is 0 Å². The predicted molar refractivity (Wildman–Crippen MR) is 73.2 cm³/mol. The summed E-state index contributed by atoms with van der Waals surface area (Å²) in [5.41, 5.74) is 9.52. The van der Waals surface area contributed by atoms with Gasteiger partial charge in [0.2, 0.25) is 0 Å². The van der Waals surface area contributed by atoms with Gasteiger partial charge in [0.05, 0.1) is 10.6 Å². The van der Waals surface area contributed by atoms with Crippen LogP contribution in [0, 0.1) is 18.3 Å². The van der Waals surface area contributed by atoms with E-state index in [1.807, 2.05) is 38.2 Å². The summed E-state index contributed by atoms with van der Waals surface area (Å²) >= 11 is 1.41. The van der Waals surface area contributed by atoms with Crippen LogP contribution in [0.25, 0.3) is 11.1 Å². The Morgan fingerprint density at radius 3 is 2.47 bits per heavy atom. The SMILES string of the molecule is CNc1sc(N)c(C#N)c1-c1ccc(C)cc1. The number of nitriles is 1. The highest BCUT2D eigenvalue weighted by Crippen LogP contribution is 2.41. The maximum atomic E-state index is 9.17. The third kappa shape index (κ3) is 1.97. The van der Waals surface area contributed by atoms with Crippen LogP contribution < -0.4 is 11.1 Å². The van der Waals surface area contributed by atoms with Crippen LogP contribution in [0.3, 0.4) is 0 Å². The Labute approximate surface area is 105 Å². The van der Waals surface area contributed by atoms with Crippen LogP contribution in [0.15, 0.2) is 24.3 Å². The van der Waals surface area contributed by atoms with Crippen LogP contribution in [0.2, 0.25) is 0 Å². The Bertz CT molecular complexity index is 576. The summed E-state index contributed by atoms with van der Waals surface area (Å²) in [6.45, 7) is 2.04. The molecule has 0 aliphatic rings. The van der Waals surface area contributed by atoms with Gasteiger partial charge in [0.1, 0.15) is 11.1 Å². The number of aryl methyl sites for hydroxylation is 1. The van der Waals surface area contributed by atoms with Crippen molar-refractivity contribution in [2.24, 2.45) is 0 Å². The molecular weight excluding hydrogens is 230 g/mol. The summed E-state index contributed by atoms with van der Waals surface area (Å²) in [6, 6.07) is 10.3. The number of nitrogens with zero attached hydrogens (tertiary/aromatic N) is 1. The molecule has 4 heteroatoms. The fraction of sp³-hybridized carbons (Fsp3) is 0.154. The van der Waals surface area contributed by atoms with Gasteiger partial charge in [-0.25, -0.2) is 0 Å². The molecule has 0 fully saturated rings. The molecule has 0 atom stereocenters. The molecule has 1 heterocycles. The van der Waals surface area contributed by atoms with Crippen molar-refractivity contribution in [2.45, 2.75) is 6.92 Å². The van der Waals surface area contributed by atoms with Crippen LogP contribution in [0.4, 0.5) is 10.0 Å². The number of nitrogen functional groups attached to an aromatic ring is 1. The smallest absolute Gasteiger partial charge is 0.106 e. The van der Waals surface area contributed by atoms with Crippen LogP contribution in [0.5, 0.6) is 0 Å². The summed E-state index contributed by atoms with van der Waals surface area (Å²) in [4.78, 5) is 0. The predicted octanol–water partition coefficient (Wildman–Crippen LogP) is 3.22. The highest BCUT2D eigenvalue weighted by Gasteiger charge is 2.16. The van der Waals surface area contributed by atoms with E-state index in [0.29, 0.717) is 10.6 Å². The molecule has 0 bridgehead atoms. The summed E-state index contributed by atoms with van der Waals surface area (Å²) in [6.07, 6.45) is 0. The van der Waals surface area contributed by atoms with Gasteiger partial charge >= 0.3 is 0 Å². The molecule has 0 radical (unpaired) electrons. The first-order valence-corrected chi connectivity index (χ1v) is 6.06. The van der Waals surface area contributed by atoms with Crippen LogP contribution in [-0.4, -0.2) is 7.05 Å². The van der Waals surface area contributed by atoms with Gasteiger partial charge in [-0.2, -0.15) is 5.26 Å². The number of hydrogen-bond donors (Lipinski definition) is 2. The van der Waals surface area contributed by atoms with E-state index in [1.165, 1.54) is 16.9 Å². The Balaban J connectivity index is 2.65. The molecule has 1 aromatic heterocycles. The van der Waals surface area contributed by atoms with Crippen molar-refractivity contribution in [3.63, 3.8) is 0 Å². The van der Waals surface area contributed by atoms with Crippen molar-refractivity contribution in [3.05, 3.63) is 35.4 Å². The second-order valence-corrected chi connectivity index (χ2v) is 4.83. The summed E-state index contributed by atoms with van der Waals surface area (Å²) in [5.74, 6) is 0. The average molecular weight is 243 g/mol. The number of rotatable bonds is 2. The number of hydrogen-bond acceptors (Lipinski definition) is 4. The topological polar surface area (TPSA) is 61.8 Å². The minimum absolute atomic E-state index is 0.559. The highest BCUT2D eigenvalue weighted by molar-refractivity contribution is 7.20. The van der Waals surface area contributed by atoms with Gasteiger partial charge in [0, 0.05) is 12.6 Å². The van der Waals surface area contributed by atoms with E-state index in [4.69, 9.17) is 5.73 Å². The largest absolute Gasteiger partial charge is 0.389 e. The fourth-order valence-electron chi connectivity index (χ4n) is 1.73. The van der Waals surface area contributed by atoms with Gasteiger partial charge < -0.3 is 11.1 Å². The number of benzene rings is 1. The molecule has 0 saturated carbocycles. The minimum Gasteiger partial charge on any atom is -0.389 e. The lowest BCUT2D eigenvalue weighted by atomic mass is 10.0. The second kappa shape index (κ2) is 4.48. The average Bonchev–Trinajstić information content (AvgIpc) is 2.66. The van der Waals surface area contributed by atoms with Crippen molar-refractivity contribution < 1.29 is 0 Å². The van der Waals surface area contributed by atoms with E-state index in [9.17, 15) is 5.26 Å². The molecule has 0 aliphatic carbocycles. The molecule has 0 aliphatic heterocycles. The van der Waals surface area contributed by atoms with Crippen molar-refractivity contribution in [1.82, 2.24) is 0 Å². The lowest BCUT2D eigenvalue weighted by Gasteiger charge is -2.04. The van der Waals surface area contributed by atoms with Gasteiger partial charge in [-0.05, 0) is 12.5 Å². The van der Waals surface area contributed by atoms with Crippen LogP contribution in [0.1, 0.15) is 11.1 Å². The third-order valence-electron chi connectivity index (χ3n) is 2.61.